The van der Waals surface area contributed by atoms with Gasteiger partial charge in [0.25, 0.3) is 0 Å². The zero-order valence-electron chi connectivity index (χ0n) is 20.5. The van der Waals surface area contributed by atoms with Gasteiger partial charge in [-0.25, -0.2) is 0 Å². The fourth-order valence-electron chi connectivity index (χ4n) is 4.70. The molecule has 5 nitrogen and oxygen atoms in total. The van der Waals surface area contributed by atoms with E-state index in [1.165, 1.54) is 5.56 Å². The van der Waals surface area contributed by atoms with Gasteiger partial charge >= 0.3 is 0 Å². The topological polar surface area (TPSA) is 50.5 Å². The zero-order valence-corrected chi connectivity index (χ0v) is 22.9. The second-order valence-corrected chi connectivity index (χ2v) is 10.3. The molecule has 188 valence electrons. The van der Waals surface area contributed by atoms with Crippen LogP contribution in [0.5, 0.6) is 11.5 Å². The smallest absolute Gasteiger partial charge is 0.174 e. The van der Waals surface area contributed by atoms with Crippen molar-refractivity contribution in [3.8, 4) is 22.8 Å². The molecule has 2 atom stereocenters. The van der Waals surface area contributed by atoms with Crippen LogP contribution in [0.2, 0.25) is 0 Å². The average Bonchev–Trinajstić information content (AvgIpc) is 3.55. The average molecular weight is 583 g/mol. The van der Waals surface area contributed by atoms with Gasteiger partial charge in [0.15, 0.2) is 5.11 Å². The van der Waals surface area contributed by atoms with E-state index in [1.807, 2.05) is 84.9 Å². The highest BCUT2D eigenvalue weighted by molar-refractivity contribution is 9.10. The Labute approximate surface area is 235 Å². The number of aromatic nitrogens is 1. The van der Waals surface area contributed by atoms with Crippen LogP contribution in [0, 0.1) is 6.92 Å². The number of rotatable bonds is 6. The van der Waals surface area contributed by atoms with E-state index in [2.05, 4.69) is 56.3 Å². The number of pyridine rings is 1. The Kier molecular flexibility index (Phi) is 6.70. The largest absolute Gasteiger partial charge is 0.459 e. The molecule has 0 bridgehead atoms. The maximum absolute atomic E-state index is 6.51. The summed E-state index contributed by atoms with van der Waals surface area (Å²) < 4.78 is 13.5. The molecule has 0 unspecified atom stereocenters. The molecule has 5 aromatic rings. The van der Waals surface area contributed by atoms with Gasteiger partial charge in [0.1, 0.15) is 29.1 Å². The van der Waals surface area contributed by atoms with E-state index in [0.717, 1.165) is 44.4 Å². The van der Waals surface area contributed by atoms with Crippen LogP contribution in [0.15, 0.2) is 118 Å². The number of furan rings is 1. The summed E-state index contributed by atoms with van der Waals surface area (Å²) in [6.07, 6.45) is 1.80. The van der Waals surface area contributed by atoms with E-state index >= 15 is 0 Å². The number of nitrogens with one attached hydrogen (secondary N) is 1. The van der Waals surface area contributed by atoms with Gasteiger partial charge in [-0.3, -0.25) is 4.98 Å². The lowest BCUT2D eigenvalue weighted by molar-refractivity contribution is 0.439. The second kappa shape index (κ2) is 10.4. The Morgan fingerprint density at radius 3 is 2.39 bits per heavy atom. The molecule has 38 heavy (non-hydrogen) atoms. The molecule has 0 radical (unpaired) electrons. The van der Waals surface area contributed by atoms with Gasteiger partial charge in [0.05, 0.1) is 11.7 Å². The van der Waals surface area contributed by atoms with Gasteiger partial charge in [-0.1, -0.05) is 46.3 Å². The number of thiocarbonyl (C=S) groups is 1. The first kappa shape index (κ1) is 24.4. The Bertz CT molecular complexity index is 1570. The van der Waals surface area contributed by atoms with Crippen LogP contribution in [-0.4, -0.2) is 10.1 Å². The molecule has 1 aliphatic rings. The van der Waals surface area contributed by atoms with Crippen LogP contribution in [0.25, 0.3) is 11.3 Å². The molecule has 6 rings (SSSR count). The summed E-state index contributed by atoms with van der Waals surface area (Å²) in [5.41, 5.74) is 4.00. The summed E-state index contributed by atoms with van der Waals surface area (Å²) in [5.74, 6) is 3.12. The summed E-state index contributed by atoms with van der Waals surface area (Å²) in [6, 6.07) is 33.4. The lowest BCUT2D eigenvalue weighted by Gasteiger charge is -2.26. The molecule has 0 amide bonds. The van der Waals surface area contributed by atoms with Crippen molar-refractivity contribution in [1.29, 1.82) is 0 Å². The third kappa shape index (κ3) is 4.83. The normalized spacial score (nSPS) is 16.9. The van der Waals surface area contributed by atoms with Gasteiger partial charge in [-0.2, -0.15) is 0 Å². The Morgan fingerprint density at radius 2 is 1.66 bits per heavy atom. The molecular formula is C31H24BrN3O2S. The number of aryl methyl sites for hydroxylation is 1. The van der Waals surface area contributed by atoms with Crippen molar-refractivity contribution >= 4 is 38.9 Å². The number of benzene rings is 3. The van der Waals surface area contributed by atoms with Crippen molar-refractivity contribution in [3.63, 3.8) is 0 Å². The van der Waals surface area contributed by atoms with Crippen molar-refractivity contribution in [3.05, 3.63) is 131 Å². The van der Waals surface area contributed by atoms with Crippen LogP contribution in [0.1, 0.15) is 29.1 Å². The maximum atomic E-state index is 6.51. The molecule has 0 aliphatic carbocycles. The lowest BCUT2D eigenvalue weighted by Crippen LogP contribution is -2.29. The van der Waals surface area contributed by atoms with Crippen molar-refractivity contribution in [2.24, 2.45) is 0 Å². The number of halogens is 1. The molecule has 1 fully saturated rings. The SMILES string of the molecule is Cc1ccc(-c2ccc([C@H]3[C@H](c4ccccn4)NC(=S)N3c3ccc(Oc4ccccc4)cc3)o2)c(Br)c1. The molecule has 0 saturated carbocycles. The van der Waals surface area contributed by atoms with Crippen molar-refractivity contribution in [2.75, 3.05) is 4.90 Å². The van der Waals surface area contributed by atoms with E-state index in [0.29, 0.717) is 5.11 Å². The first-order valence-electron chi connectivity index (χ1n) is 12.3. The quantitative estimate of drug-likeness (QED) is 0.203. The minimum absolute atomic E-state index is 0.190. The first-order valence-corrected chi connectivity index (χ1v) is 13.5. The van der Waals surface area contributed by atoms with Crippen LogP contribution in [0.4, 0.5) is 5.69 Å². The number of ether oxygens (including phenoxy) is 1. The molecule has 3 aromatic carbocycles. The molecule has 2 aromatic heterocycles. The third-order valence-electron chi connectivity index (χ3n) is 6.50. The van der Waals surface area contributed by atoms with E-state index in [4.69, 9.17) is 21.4 Å². The van der Waals surface area contributed by atoms with Crippen LogP contribution in [-0.2, 0) is 0 Å². The summed E-state index contributed by atoms with van der Waals surface area (Å²) >= 11 is 9.54. The Hall–Kier alpha value is -3.94. The third-order valence-corrected chi connectivity index (χ3v) is 7.47. The predicted octanol–water partition coefficient (Wildman–Crippen LogP) is 8.38. The van der Waals surface area contributed by atoms with Gasteiger partial charge in [-0.05, 0) is 97.5 Å². The van der Waals surface area contributed by atoms with Crippen molar-refractivity contribution in [1.82, 2.24) is 10.3 Å². The molecule has 1 saturated heterocycles. The zero-order chi connectivity index (χ0) is 26.1. The summed E-state index contributed by atoms with van der Waals surface area (Å²) in [4.78, 5) is 6.72. The monoisotopic (exact) mass is 581 g/mol. The molecule has 1 aliphatic heterocycles. The van der Waals surface area contributed by atoms with Crippen LogP contribution in [0.3, 0.4) is 0 Å². The predicted molar refractivity (Wildman–Crippen MR) is 157 cm³/mol. The molecular weight excluding hydrogens is 558 g/mol. The number of nitrogens with zero attached hydrogens (tertiary/aromatic N) is 2. The highest BCUT2D eigenvalue weighted by Crippen LogP contribution is 2.44. The van der Waals surface area contributed by atoms with E-state index in [9.17, 15) is 0 Å². The van der Waals surface area contributed by atoms with E-state index in [1.54, 1.807) is 6.20 Å². The summed E-state index contributed by atoms with van der Waals surface area (Å²) in [6.45, 7) is 2.07. The van der Waals surface area contributed by atoms with Gasteiger partial charge in [0, 0.05) is 21.9 Å². The Balaban J connectivity index is 1.37. The standard InChI is InChI=1S/C31H24BrN3O2S/c1-20-10-15-24(25(32)19-20)27-16-17-28(37-27)30-29(26-9-5-6-18-33-26)34-31(38)35(30)21-11-13-23(14-12-21)36-22-7-3-2-4-8-22/h2-19,29-30H,1H3,(H,34,38)/t29-,30-/m0/s1. The fourth-order valence-corrected chi connectivity index (χ4v) is 5.73. The lowest BCUT2D eigenvalue weighted by atomic mass is 10.0. The number of hydrogen-bond donors (Lipinski definition) is 1. The fraction of sp³-hybridized carbons (Fsp3) is 0.0968. The first-order chi connectivity index (χ1) is 18.6. The molecule has 0 spiro atoms. The van der Waals surface area contributed by atoms with E-state index < -0.39 is 0 Å². The van der Waals surface area contributed by atoms with Crippen LogP contribution >= 0.6 is 28.1 Å². The highest BCUT2D eigenvalue weighted by Gasteiger charge is 2.42. The Morgan fingerprint density at radius 1 is 0.895 bits per heavy atom. The molecule has 3 heterocycles. The van der Waals surface area contributed by atoms with Crippen LogP contribution < -0.4 is 15.0 Å². The van der Waals surface area contributed by atoms with Crippen molar-refractivity contribution < 1.29 is 9.15 Å². The summed E-state index contributed by atoms with van der Waals surface area (Å²) in [5, 5.41) is 4.09. The van der Waals surface area contributed by atoms with Gasteiger partial charge < -0.3 is 19.4 Å². The van der Waals surface area contributed by atoms with Crippen molar-refractivity contribution in [2.45, 2.75) is 19.0 Å². The molecule has 1 N–H and O–H groups in total. The summed E-state index contributed by atoms with van der Waals surface area (Å²) in [7, 11) is 0. The number of hydrogen-bond acceptors (Lipinski definition) is 4. The number of para-hydroxylation sites is 1. The molecule has 7 heteroatoms. The van der Waals surface area contributed by atoms with Gasteiger partial charge in [0.2, 0.25) is 0 Å². The second-order valence-electron chi connectivity index (χ2n) is 9.09. The number of anilines is 1. The van der Waals surface area contributed by atoms with E-state index in [-0.39, 0.29) is 12.1 Å². The minimum Gasteiger partial charge on any atom is -0.459 e. The van der Waals surface area contributed by atoms with Gasteiger partial charge in [-0.15, -0.1) is 0 Å². The maximum Gasteiger partial charge on any atom is 0.174 e. The minimum atomic E-state index is -0.240. The highest BCUT2D eigenvalue weighted by atomic mass is 79.9.